The number of hydrogen-bond acceptors (Lipinski definition) is 2. The lowest BCUT2D eigenvalue weighted by Gasteiger charge is -2.24. The largest absolute Gasteiger partial charge is 0.367 e. The number of methoxy groups -OCH3 is 1. The van der Waals surface area contributed by atoms with Gasteiger partial charge in [-0.15, -0.1) is 0 Å². The van der Waals surface area contributed by atoms with E-state index in [2.05, 4.69) is 54.4 Å². The van der Waals surface area contributed by atoms with Crippen LogP contribution < -0.4 is 5.32 Å². The van der Waals surface area contributed by atoms with Crippen molar-refractivity contribution in [1.29, 1.82) is 0 Å². The van der Waals surface area contributed by atoms with Crippen LogP contribution in [0.2, 0.25) is 0 Å². The van der Waals surface area contributed by atoms with Crippen molar-refractivity contribution in [1.82, 2.24) is 5.32 Å². The highest BCUT2D eigenvalue weighted by Crippen LogP contribution is 2.38. The van der Waals surface area contributed by atoms with Gasteiger partial charge in [0.25, 0.3) is 5.91 Å². The molecule has 1 aliphatic rings. The Morgan fingerprint density at radius 1 is 1.00 bits per heavy atom. The minimum Gasteiger partial charge on any atom is -0.367 e. The molecule has 0 aliphatic heterocycles. The van der Waals surface area contributed by atoms with Gasteiger partial charge < -0.3 is 10.1 Å². The smallest absolute Gasteiger partial charge is 0.253 e. The van der Waals surface area contributed by atoms with Crippen molar-refractivity contribution in [2.75, 3.05) is 7.11 Å². The average molecular weight is 371 g/mol. The molecule has 1 fully saturated rings. The Kier molecular flexibility index (Phi) is 5.27. The van der Waals surface area contributed by atoms with Crippen molar-refractivity contribution in [2.24, 2.45) is 0 Å². The molecule has 3 aromatic carbocycles. The number of amides is 1. The van der Waals surface area contributed by atoms with Crippen molar-refractivity contribution in [3.05, 3.63) is 96.1 Å². The predicted molar refractivity (Wildman–Crippen MR) is 113 cm³/mol. The molecule has 3 aromatic rings. The predicted octanol–water partition coefficient (Wildman–Crippen LogP) is 5.15. The maximum atomic E-state index is 13.0. The normalized spacial score (nSPS) is 20.2. The summed E-state index contributed by atoms with van der Waals surface area (Å²) in [4.78, 5) is 13.0. The Morgan fingerprint density at radius 2 is 1.71 bits per heavy atom. The van der Waals surface area contributed by atoms with Crippen molar-refractivity contribution < 1.29 is 9.53 Å². The molecule has 1 saturated carbocycles. The molecule has 3 nitrogen and oxygen atoms in total. The van der Waals surface area contributed by atoms with E-state index in [1.54, 1.807) is 7.11 Å². The van der Waals surface area contributed by atoms with Gasteiger partial charge in [0.05, 0.1) is 0 Å². The Morgan fingerprint density at radius 3 is 2.46 bits per heavy atom. The molecule has 1 N–H and O–H groups in total. The number of carbonyl (C=O) groups excluding carboxylic acids is 1. The summed E-state index contributed by atoms with van der Waals surface area (Å²) >= 11 is 0. The maximum Gasteiger partial charge on any atom is 0.253 e. The van der Waals surface area contributed by atoms with Gasteiger partial charge in [-0.05, 0) is 34.7 Å². The molecule has 0 aromatic heterocycles. The topological polar surface area (TPSA) is 38.3 Å². The minimum absolute atomic E-state index is 0.0301. The fourth-order valence-corrected chi connectivity index (χ4v) is 4.21. The van der Waals surface area contributed by atoms with Crippen LogP contribution in [0.1, 0.15) is 36.0 Å². The summed E-state index contributed by atoms with van der Waals surface area (Å²) < 4.78 is 5.50. The first-order valence-corrected chi connectivity index (χ1v) is 9.69. The number of nitrogens with one attached hydrogen (secondary N) is 1. The molecule has 28 heavy (non-hydrogen) atoms. The summed E-state index contributed by atoms with van der Waals surface area (Å²) in [6.45, 7) is 4.19. The van der Waals surface area contributed by atoms with Crippen LogP contribution in [0.3, 0.4) is 0 Å². The Labute approximate surface area is 166 Å². The van der Waals surface area contributed by atoms with E-state index < -0.39 is 6.10 Å². The van der Waals surface area contributed by atoms with Crippen LogP contribution in [0.25, 0.3) is 10.8 Å². The van der Waals surface area contributed by atoms with Crippen LogP contribution >= 0.6 is 0 Å². The van der Waals surface area contributed by atoms with Gasteiger partial charge in [-0.25, -0.2) is 0 Å². The molecule has 0 saturated heterocycles. The molecule has 0 bridgehead atoms. The zero-order chi connectivity index (χ0) is 19.5. The molecule has 3 atom stereocenters. The van der Waals surface area contributed by atoms with Crippen LogP contribution in [0.4, 0.5) is 0 Å². The third-order valence-electron chi connectivity index (χ3n) is 5.61. The van der Waals surface area contributed by atoms with Crippen molar-refractivity contribution >= 4 is 16.7 Å². The maximum absolute atomic E-state index is 13.0. The van der Waals surface area contributed by atoms with Crippen LogP contribution in [0, 0.1) is 0 Å². The molecular weight excluding hydrogens is 346 g/mol. The first kappa shape index (κ1) is 18.5. The molecule has 1 amide bonds. The van der Waals surface area contributed by atoms with Gasteiger partial charge in [0, 0.05) is 19.1 Å². The van der Waals surface area contributed by atoms with Gasteiger partial charge in [0.15, 0.2) is 6.10 Å². The minimum atomic E-state index is -0.604. The zero-order valence-corrected chi connectivity index (χ0v) is 16.1. The molecule has 3 heteroatoms. The number of ether oxygens (including phenoxy) is 1. The van der Waals surface area contributed by atoms with E-state index >= 15 is 0 Å². The van der Waals surface area contributed by atoms with Gasteiger partial charge in [-0.1, -0.05) is 84.9 Å². The fraction of sp³-hybridized carbons (Fsp3) is 0.240. The lowest BCUT2D eigenvalue weighted by Crippen LogP contribution is -2.40. The highest BCUT2D eigenvalue weighted by molar-refractivity contribution is 5.84. The lowest BCUT2D eigenvalue weighted by atomic mass is 9.91. The second-order valence-electron chi connectivity index (χ2n) is 7.51. The van der Waals surface area contributed by atoms with E-state index in [0.29, 0.717) is 0 Å². The summed E-state index contributed by atoms with van der Waals surface area (Å²) in [5, 5.41) is 5.68. The summed E-state index contributed by atoms with van der Waals surface area (Å²) in [6, 6.07) is 24.6. The second kappa shape index (κ2) is 7.99. The number of rotatable bonds is 5. The van der Waals surface area contributed by atoms with Gasteiger partial charge in [-0.2, -0.15) is 0 Å². The standard InChI is InChI=1S/C25H25NO2/c1-17-14-22(21-13-12-18-8-6-7-11-20(18)16-21)23(15-17)26-25(27)24(28-2)19-9-4-3-5-10-19/h3-13,16,22-24H,1,14-15H2,2H3,(H,26,27)/t22-,23+,24-/m1/s1. The van der Waals surface area contributed by atoms with E-state index in [-0.39, 0.29) is 17.9 Å². The SMILES string of the molecule is C=C1C[C@H](NC(=O)[C@H](OC)c2ccccc2)[C@@H](c2ccc3ccccc3c2)C1. The molecular formula is C25H25NO2. The van der Waals surface area contributed by atoms with Gasteiger partial charge in [0.1, 0.15) is 0 Å². The van der Waals surface area contributed by atoms with Crippen LogP contribution in [0.5, 0.6) is 0 Å². The number of carbonyl (C=O) groups is 1. The van der Waals surface area contributed by atoms with Crippen molar-refractivity contribution in [3.63, 3.8) is 0 Å². The molecule has 1 aliphatic carbocycles. The summed E-state index contributed by atoms with van der Waals surface area (Å²) in [5.41, 5.74) is 3.29. The van der Waals surface area contributed by atoms with Gasteiger partial charge in [0.2, 0.25) is 0 Å². The highest BCUT2D eigenvalue weighted by Gasteiger charge is 2.34. The quantitative estimate of drug-likeness (QED) is 0.630. The molecule has 4 rings (SSSR count). The van der Waals surface area contributed by atoms with Crippen LogP contribution in [-0.2, 0) is 9.53 Å². The summed E-state index contributed by atoms with van der Waals surface area (Å²) in [6.07, 6.45) is 1.09. The monoisotopic (exact) mass is 371 g/mol. The van der Waals surface area contributed by atoms with Crippen LogP contribution in [-0.4, -0.2) is 19.1 Å². The van der Waals surface area contributed by atoms with Crippen molar-refractivity contribution in [3.8, 4) is 0 Å². The number of fused-ring (bicyclic) bond motifs is 1. The van der Waals surface area contributed by atoms with E-state index in [9.17, 15) is 4.79 Å². The Bertz CT molecular complexity index is 996. The number of hydrogen-bond donors (Lipinski definition) is 1. The van der Waals surface area contributed by atoms with Gasteiger partial charge >= 0.3 is 0 Å². The Hall–Kier alpha value is -2.91. The van der Waals surface area contributed by atoms with E-state index in [0.717, 1.165) is 18.4 Å². The Balaban J connectivity index is 1.57. The summed E-state index contributed by atoms with van der Waals surface area (Å²) in [5.74, 6) is 0.133. The fourth-order valence-electron chi connectivity index (χ4n) is 4.21. The van der Waals surface area contributed by atoms with Crippen LogP contribution in [0.15, 0.2) is 84.9 Å². The molecule has 0 heterocycles. The van der Waals surface area contributed by atoms with Crippen molar-refractivity contribution in [2.45, 2.75) is 30.9 Å². The molecule has 0 unspecified atom stereocenters. The van der Waals surface area contributed by atoms with E-state index in [1.807, 2.05) is 30.3 Å². The zero-order valence-electron chi connectivity index (χ0n) is 16.1. The van der Waals surface area contributed by atoms with Gasteiger partial charge in [-0.3, -0.25) is 4.79 Å². The lowest BCUT2D eigenvalue weighted by molar-refractivity contribution is -0.132. The van der Waals surface area contributed by atoms with E-state index in [1.165, 1.54) is 21.9 Å². The third kappa shape index (κ3) is 3.71. The molecule has 0 spiro atoms. The summed E-state index contributed by atoms with van der Waals surface area (Å²) in [7, 11) is 1.58. The third-order valence-corrected chi connectivity index (χ3v) is 5.61. The first-order chi connectivity index (χ1) is 13.7. The average Bonchev–Trinajstić information content (AvgIpc) is 3.09. The first-order valence-electron chi connectivity index (χ1n) is 9.69. The number of benzene rings is 3. The highest BCUT2D eigenvalue weighted by atomic mass is 16.5. The molecule has 0 radical (unpaired) electrons. The van der Waals surface area contributed by atoms with E-state index in [4.69, 9.17) is 4.74 Å². The molecule has 142 valence electrons. The second-order valence-corrected chi connectivity index (χ2v) is 7.51.